The predicted molar refractivity (Wildman–Crippen MR) is 42.7 cm³/mol. The van der Waals surface area contributed by atoms with Crippen LogP contribution in [-0.2, 0) is 10.0 Å². The molecular weight excluding hydrogens is 224 g/mol. The van der Waals surface area contributed by atoms with E-state index in [1.807, 2.05) is 0 Å². The van der Waals surface area contributed by atoms with Crippen LogP contribution in [0.5, 0.6) is 0 Å². The summed E-state index contributed by atoms with van der Waals surface area (Å²) in [5.74, 6) is -2.21. The van der Waals surface area contributed by atoms with E-state index in [9.17, 15) is 17.2 Å². The van der Waals surface area contributed by atoms with E-state index in [-0.39, 0.29) is 0 Å². The summed E-state index contributed by atoms with van der Waals surface area (Å²) < 4.78 is 46.9. The molecule has 13 heavy (non-hydrogen) atoms. The van der Waals surface area contributed by atoms with E-state index >= 15 is 0 Å². The minimum atomic E-state index is -4.33. The summed E-state index contributed by atoms with van der Waals surface area (Å²) in [5.41, 5.74) is 0. The zero-order valence-electron chi connectivity index (χ0n) is 6.09. The van der Waals surface area contributed by atoms with Gasteiger partial charge < -0.3 is 0 Å². The van der Waals surface area contributed by atoms with Crippen molar-refractivity contribution >= 4 is 21.6 Å². The molecule has 0 spiro atoms. The van der Waals surface area contributed by atoms with Gasteiger partial charge in [0.2, 0.25) is 10.0 Å². The number of hydrogen-bond donors (Lipinski definition) is 1. The zero-order valence-corrected chi connectivity index (χ0v) is 7.66. The van der Waals surface area contributed by atoms with E-state index in [4.69, 9.17) is 11.6 Å². The summed E-state index contributed by atoms with van der Waals surface area (Å²) in [7, 11) is -4.33. The maximum Gasteiger partial charge on any atom is 0.242 e. The first-order valence-electron chi connectivity index (χ1n) is 3.00. The predicted octanol–water partition coefficient (Wildman–Crippen LogP) is 1.27. The van der Waals surface area contributed by atoms with Crippen molar-refractivity contribution in [3.63, 3.8) is 0 Å². The third-order valence-electron chi connectivity index (χ3n) is 1.29. The Morgan fingerprint density at radius 3 is 2.08 bits per heavy atom. The van der Waals surface area contributed by atoms with Gasteiger partial charge >= 0.3 is 0 Å². The van der Waals surface area contributed by atoms with Crippen molar-refractivity contribution in [1.82, 2.24) is 0 Å². The molecule has 0 aliphatic heterocycles. The summed E-state index contributed by atoms with van der Waals surface area (Å²) in [6.07, 6.45) is 0. The first-order chi connectivity index (χ1) is 5.84. The topological polar surface area (TPSA) is 60.2 Å². The molecule has 0 saturated carbocycles. The molecule has 0 fully saturated rings. The molecule has 0 bridgehead atoms. The molecule has 0 unspecified atom stereocenters. The Hall–Kier alpha value is -0.720. The van der Waals surface area contributed by atoms with Gasteiger partial charge in [-0.1, -0.05) is 11.6 Å². The number of halogens is 3. The second kappa shape index (κ2) is 3.21. The molecular formula is C6H4ClF2NO2S. The van der Waals surface area contributed by atoms with Crippen LogP contribution in [0.4, 0.5) is 8.78 Å². The van der Waals surface area contributed by atoms with E-state index in [0.29, 0.717) is 12.1 Å². The fourth-order valence-electron chi connectivity index (χ4n) is 0.769. The first-order valence-corrected chi connectivity index (χ1v) is 4.93. The van der Waals surface area contributed by atoms with Gasteiger partial charge in [-0.05, 0) is 12.1 Å². The molecule has 1 aromatic carbocycles. The summed E-state index contributed by atoms with van der Waals surface area (Å²) in [6, 6.07) is 1.35. The molecule has 2 N–H and O–H groups in total. The molecule has 0 atom stereocenters. The molecule has 0 aliphatic carbocycles. The van der Waals surface area contributed by atoms with Crippen molar-refractivity contribution in [3.8, 4) is 0 Å². The van der Waals surface area contributed by atoms with Crippen LogP contribution >= 0.6 is 11.6 Å². The van der Waals surface area contributed by atoms with Crippen molar-refractivity contribution in [2.45, 2.75) is 4.90 Å². The number of hydrogen-bond acceptors (Lipinski definition) is 2. The molecule has 7 heteroatoms. The first kappa shape index (κ1) is 10.4. The van der Waals surface area contributed by atoms with Gasteiger partial charge in [0.1, 0.15) is 16.5 Å². The Morgan fingerprint density at radius 2 is 1.69 bits per heavy atom. The fourth-order valence-corrected chi connectivity index (χ4v) is 1.93. The standard InChI is InChI=1S/C6H4ClF2NO2S/c7-5-3(8)1-2-4(9)6(5)13(10,11)12/h1-2H,(H2,10,11,12). The van der Waals surface area contributed by atoms with Gasteiger partial charge in [0.25, 0.3) is 0 Å². The van der Waals surface area contributed by atoms with Crippen LogP contribution in [0, 0.1) is 11.6 Å². The summed E-state index contributed by atoms with van der Waals surface area (Å²) in [4.78, 5) is -1.02. The van der Waals surface area contributed by atoms with E-state index in [1.165, 1.54) is 0 Å². The maximum atomic E-state index is 12.8. The van der Waals surface area contributed by atoms with Gasteiger partial charge in [-0.25, -0.2) is 22.3 Å². The van der Waals surface area contributed by atoms with Gasteiger partial charge in [0.05, 0.1) is 5.02 Å². The smallest absolute Gasteiger partial charge is 0.224 e. The number of rotatable bonds is 1. The highest BCUT2D eigenvalue weighted by molar-refractivity contribution is 7.89. The quantitative estimate of drug-likeness (QED) is 0.735. The molecule has 0 saturated heterocycles. The third kappa shape index (κ3) is 1.96. The van der Waals surface area contributed by atoms with Crippen molar-refractivity contribution < 1.29 is 17.2 Å². The Morgan fingerprint density at radius 1 is 1.23 bits per heavy atom. The molecule has 0 aliphatic rings. The van der Waals surface area contributed by atoms with E-state index < -0.39 is 31.6 Å². The minimum Gasteiger partial charge on any atom is -0.224 e. The number of sulfonamides is 1. The lowest BCUT2D eigenvalue weighted by atomic mass is 10.3. The highest BCUT2D eigenvalue weighted by Gasteiger charge is 2.21. The van der Waals surface area contributed by atoms with E-state index in [2.05, 4.69) is 5.14 Å². The van der Waals surface area contributed by atoms with Gasteiger partial charge in [0, 0.05) is 0 Å². The normalized spacial score (nSPS) is 11.7. The van der Waals surface area contributed by atoms with E-state index in [0.717, 1.165) is 0 Å². The van der Waals surface area contributed by atoms with Gasteiger partial charge in [-0.3, -0.25) is 0 Å². The molecule has 0 radical (unpaired) electrons. The molecule has 0 aromatic heterocycles. The van der Waals surface area contributed by atoms with Crippen molar-refractivity contribution in [2.24, 2.45) is 5.14 Å². The molecule has 3 nitrogen and oxygen atoms in total. The minimum absolute atomic E-state index is 0.640. The average molecular weight is 228 g/mol. The van der Waals surface area contributed by atoms with Gasteiger partial charge in [0.15, 0.2) is 0 Å². The number of benzene rings is 1. The highest BCUT2D eigenvalue weighted by atomic mass is 35.5. The largest absolute Gasteiger partial charge is 0.242 e. The zero-order chi connectivity index (χ0) is 10.2. The fraction of sp³-hybridized carbons (Fsp3) is 0. The van der Waals surface area contributed by atoms with Crippen molar-refractivity contribution in [3.05, 3.63) is 28.8 Å². The monoisotopic (exact) mass is 227 g/mol. The van der Waals surface area contributed by atoms with Crippen molar-refractivity contribution in [1.29, 1.82) is 0 Å². The third-order valence-corrected chi connectivity index (χ3v) is 2.74. The van der Waals surface area contributed by atoms with Crippen LogP contribution < -0.4 is 5.14 Å². The van der Waals surface area contributed by atoms with E-state index in [1.54, 1.807) is 0 Å². The Bertz CT molecular complexity index is 446. The lowest BCUT2D eigenvalue weighted by Crippen LogP contribution is -2.15. The lowest BCUT2D eigenvalue weighted by Gasteiger charge is -2.02. The average Bonchev–Trinajstić information content (AvgIpc) is 1.95. The van der Waals surface area contributed by atoms with Crippen LogP contribution in [0.25, 0.3) is 0 Å². The second-order valence-corrected chi connectivity index (χ2v) is 4.09. The van der Waals surface area contributed by atoms with Crippen LogP contribution in [0.3, 0.4) is 0 Å². The molecule has 0 heterocycles. The van der Waals surface area contributed by atoms with Crippen LogP contribution in [0.2, 0.25) is 5.02 Å². The van der Waals surface area contributed by atoms with Crippen LogP contribution in [0.1, 0.15) is 0 Å². The summed E-state index contributed by atoms with van der Waals surface area (Å²) in [6.45, 7) is 0. The Labute approximate surface area is 78.2 Å². The second-order valence-electron chi connectivity index (χ2n) is 2.22. The summed E-state index contributed by atoms with van der Waals surface area (Å²) in [5, 5.41) is 3.78. The maximum absolute atomic E-state index is 12.8. The Balaban J connectivity index is 3.62. The number of primary sulfonamides is 1. The Kier molecular flexibility index (Phi) is 2.56. The van der Waals surface area contributed by atoms with Crippen LogP contribution in [0.15, 0.2) is 17.0 Å². The number of nitrogens with two attached hydrogens (primary N) is 1. The van der Waals surface area contributed by atoms with Crippen molar-refractivity contribution in [2.75, 3.05) is 0 Å². The molecule has 1 aromatic rings. The lowest BCUT2D eigenvalue weighted by molar-refractivity contribution is 0.554. The molecule has 0 amide bonds. The highest BCUT2D eigenvalue weighted by Crippen LogP contribution is 2.25. The van der Waals surface area contributed by atoms with Crippen LogP contribution in [-0.4, -0.2) is 8.42 Å². The van der Waals surface area contributed by atoms with Gasteiger partial charge in [-0.2, -0.15) is 0 Å². The molecule has 1 rings (SSSR count). The molecule has 72 valence electrons. The SMILES string of the molecule is NS(=O)(=O)c1c(F)ccc(F)c1Cl. The summed E-state index contributed by atoms with van der Waals surface area (Å²) >= 11 is 5.21. The van der Waals surface area contributed by atoms with Gasteiger partial charge in [-0.15, -0.1) is 0 Å².